The molecule has 0 spiro atoms. The summed E-state index contributed by atoms with van der Waals surface area (Å²) < 4.78 is 61.3. The van der Waals surface area contributed by atoms with Crippen molar-refractivity contribution in [1.82, 2.24) is 14.9 Å². The quantitative estimate of drug-likeness (QED) is 0.326. The number of halogens is 4. The minimum absolute atomic E-state index is 0. The predicted octanol–water partition coefficient (Wildman–Crippen LogP) is 3.09. The van der Waals surface area contributed by atoms with Crippen LogP contribution in [0, 0.1) is 5.92 Å². The van der Waals surface area contributed by atoms with Gasteiger partial charge in [-0.15, -0.1) is 24.0 Å². The second-order valence-corrected chi connectivity index (χ2v) is 8.65. The number of aliphatic imine (C=N–C) groups is 1. The number of benzene rings is 1. The lowest BCUT2D eigenvalue weighted by molar-refractivity contribution is -0.0496. The van der Waals surface area contributed by atoms with Crippen LogP contribution in [0.2, 0.25) is 0 Å². The van der Waals surface area contributed by atoms with Crippen LogP contribution in [0.15, 0.2) is 29.3 Å². The van der Waals surface area contributed by atoms with Crippen LogP contribution in [-0.4, -0.2) is 50.9 Å². The van der Waals surface area contributed by atoms with Crippen molar-refractivity contribution in [3.63, 3.8) is 0 Å². The lowest BCUT2D eigenvalue weighted by Gasteiger charge is -2.31. The summed E-state index contributed by atoms with van der Waals surface area (Å²) in [5, 5.41) is 6.42. The molecule has 0 radical (unpaired) electrons. The molecule has 166 valence electrons. The highest BCUT2D eigenvalue weighted by atomic mass is 127. The summed E-state index contributed by atoms with van der Waals surface area (Å²) in [6.45, 7) is 2.99. The van der Waals surface area contributed by atoms with E-state index < -0.39 is 15.5 Å². The van der Waals surface area contributed by atoms with Crippen LogP contribution in [0.1, 0.15) is 30.9 Å². The Hall–Kier alpha value is -1.08. The van der Waals surface area contributed by atoms with Gasteiger partial charge in [-0.05, 0) is 36.3 Å². The van der Waals surface area contributed by atoms with Gasteiger partial charge in [0.05, 0.1) is 0 Å². The largest absolute Gasteiger partial charge is 0.511 e. The number of alkyl halides is 3. The number of hydrogen-bond donors (Lipinski definition) is 2. The normalized spacial score (nSPS) is 16.9. The van der Waals surface area contributed by atoms with Gasteiger partial charge in [0.1, 0.15) is 0 Å². The van der Waals surface area contributed by atoms with E-state index in [4.69, 9.17) is 0 Å². The fourth-order valence-electron chi connectivity index (χ4n) is 3.22. The molecule has 1 heterocycles. The standard InChI is InChI=1S/C18H27F3N4O2S.HI/c1-3-15-6-4-5-7-16(15)13-24-17(22-2)23-12-14-8-10-25(11-9-14)28(26,27)18(19,20)21;/h4-7,14H,3,8-13H2,1-2H3,(H2,22,23,24);1H. The molecular formula is C18H28F3IN4O2S. The Balaban J connectivity index is 0.00000420. The molecule has 1 aromatic rings. The molecule has 29 heavy (non-hydrogen) atoms. The van der Waals surface area contributed by atoms with Crippen molar-refractivity contribution >= 4 is 40.0 Å². The van der Waals surface area contributed by atoms with Crippen molar-refractivity contribution < 1.29 is 21.6 Å². The first-order valence-electron chi connectivity index (χ1n) is 9.26. The lowest BCUT2D eigenvalue weighted by Crippen LogP contribution is -2.47. The molecule has 1 fully saturated rings. The van der Waals surface area contributed by atoms with Crippen LogP contribution >= 0.6 is 24.0 Å². The Morgan fingerprint density at radius 1 is 1.17 bits per heavy atom. The number of hydrogen-bond acceptors (Lipinski definition) is 3. The molecule has 11 heteroatoms. The fourth-order valence-corrected chi connectivity index (χ4v) is 4.20. The van der Waals surface area contributed by atoms with Crippen molar-refractivity contribution in [2.75, 3.05) is 26.7 Å². The molecule has 0 atom stereocenters. The van der Waals surface area contributed by atoms with E-state index in [0.29, 0.717) is 36.2 Å². The maximum atomic E-state index is 12.6. The first kappa shape index (κ1) is 26.0. The summed E-state index contributed by atoms with van der Waals surface area (Å²) in [6.07, 6.45) is 1.68. The van der Waals surface area contributed by atoms with E-state index in [9.17, 15) is 21.6 Å². The molecule has 0 aliphatic carbocycles. The predicted molar refractivity (Wildman–Crippen MR) is 119 cm³/mol. The van der Waals surface area contributed by atoms with Crippen LogP contribution in [0.25, 0.3) is 0 Å². The molecule has 2 N–H and O–H groups in total. The summed E-state index contributed by atoms with van der Waals surface area (Å²) in [4.78, 5) is 4.17. The Bertz CT molecular complexity index is 780. The Morgan fingerprint density at radius 3 is 2.28 bits per heavy atom. The third kappa shape index (κ3) is 6.99. The van der Waals surface area contributed by atoms with E-state index in [1.165, 1.54) is 11.1 Å². The van der Waals surface area contributed by atoms with Crippen LogP contribution in [0.4, 0.5) is 13.2 Å². The minimum atomic E-state index is -5.24. The van der Waals surface area contributed by atoms with Crippen LogP contribution in [-0.2, 0) is 23.0 Å². The first-order chi connectivity index (χ1) is 13.2. The van der Waals surface area contributed by atoms with Crippen molar-refractivity contribution in [3.05, 3.63) is 35.4 Å². The summed E-state index contributed by atoms with van der Waals surface area (Å²) >= 11 is 0. The zero-order valence-corrected chi connectivity index (χ0v) is 19.6. The van der Waals surface area contributed by atoms with Crippen molar-refractivity contribution in [3.8, 4) is 0 Å². The second kappa shape index (κ2) is 11.3. The van der Waals surface area contributed by atoms with Gasteiger partial charge in [-0.3, -0.25) is 4.99 Å². The fraction of sp³-hybridized carbons (Fsp3) is 0.611. The third-order valence-corrected chi connectivity index (χ3v) is 6.56. The Morgan fingerprint density at radius 2 is 1.76 bits per heavy atom. The zero-order valence-electron chi connectivity index (χ0n) is 16.5. The van der Waals surface area contributed by atoms with Crippen LogP contribution < -0.4 is 10.6 Å². The molecule has 1 aliphatic rings. The van der Waals surface area contributed by atoms with Crippen LogP contribution in [0.5, 0.6) is 0 Å². The van der Waals surface area contributed by atoms with Gasteiger partial charge in [-0.25, -0.2) is 8.42 Å². The average molecular weight is 548 g/mol. The second-order valence-electron chi connectivity index (χ2n) is 6.72. The van der Waals surface area contributed by atoms with Crippen LogP contribution in [0.3, 0.4) is 0 Å². The number of rotatable bonds is 6. The number of piperidine rings is 1. The summed E-state index contributed by atoms with van der Waals surface area (Å²) in [5.74, 6) is 0.692. The van der Waals surface area contributed by atoms with E-state index in [0.717, 1.165) is 6.42 Å². The Kier molecular flexibility index (Phi) is 10.2. The molecule has 0 amide bonds. The minimum Gasteiger partial charge on any atom is -0.356 e. The van der Waals surface area contributed by atoms with Crippen molar-refractivity contribution in [2.24, 2.45) is 10.9 Å². The van der Waals surface area contributed by atoms with E-state index in [1.807, 2.05) is 12.1 Å². The molecule has 0 saturated carbocycles. The summed E-state index contributed by atoms with van der Waals surface area (Å²) in [6, 6.07) is 8.11. The number of nitrogens with one attached hydrogen (secondary N) is 2. The molecule has 0 aromatic heterocycles. The number of nitrogens with zero attached hydrogens (tertiary/aromatic N) is 2. The summed E-state index contributed by atoms with van der Waals surface area (Å²) in [7, 11) is -3.58. The lowest BCUT2D eigenvalue weighted by atomic mass is 9.98. The molecule has 6 nitrogen and oxygen atoms in total. The van der Waals surface area contributed by atoms with Crippen molar-refractivity contribution in [2.45, 2.75) is 38.2 Å². The van der Waals surface area contributed by atoms with Gasteiger partial charge >= 0.3 is 15.5 Å². The third-order valence-electron chi connectivity index (χ3n) is 4.93. The zero-order chi connectivity index (χ0) is 20.8. The van der Waals surface area contributed by atoms with Gasteiger partial charge in [-0.2, -0.15) is 17.5 Å². The monoisotopic (exact) mass is 548 g/mol. The smallest absolute Gasteiger partial charge is 0.356 e. The molecule has 0 unspecified atom stereocenters. The highest BCUT2D eigenvalue weighted by Gasteiger charge is 2.50. The molecule has 0 bridgehead atoms. The van der Waals surface area contributed by atoms with E-state index in [1.54, 1.807) is 7.05 Å². The SMILES string of the molecule is CCc1ccccc1CNC(=NC)NCC1CCN(S(=O)(=O)C(F)(F)F)CC1.I. The number of guanidine groups is 1. The van der Waals surface area contributed by atoms with Gasteiger partial charge in [0.2, 0.25) is 0 Å². The maximum absolute atomic E-state index is 12.6. The van der Waals surface area contributed by atoms with E-state index >= 15 is 0 Å². The van der Waals surface area contributed by atoms with E-state index in [-0.39, 0.29) is 43.0 Å². The Labute approximate surface area is 187 Å². The molecule has 2 rings (SSSR count). The van der Waals surface area contributed by atoms with Crippen molar-refractivity contribution in [1.29, 1.82) is 0 Å². The van der Waals surface area contributed by atoms with Gasteiger partial charge in [-0.1, -0.05) is 31.2 Å². The number of sulfonamides is 1. The van der Waals surface area contributed by atoms with Gasteiger partial charge < -0.3 is 10.6 Å². The summed E-state index contributed by atoms with van der Waals surface area (Å²) in [5.41, 5.74) is -2.80. The highest BCUT2D eigenvalue weighted by Crippen LogP contribution is 2.30. The van der Waals surface area contributed by atoms with Gasteiger partial charge in [0, 0.05) is 33.2 Å². The number of aryl methyl sites for hydroxylation is 1. The molecule has 1 saturated heterocycles. The highest BCUT2D eigenvalue weighted by molar-refractivity contribution is 14.0. The van der Waals surface area contributed by atoms with Gasteiger partial charge in [0.15, 0.2) is 5.96 Å². The first-order valence-corrected chi connectivity index (χ1v) is 10.7. The molecular weight excluding hydrogens is 520 g/mol. The average Bonchev–Trinajstić information content (AvgIpc) is 2.68. The van der Waals surface area contributed by atoms with Gasteiger partial charge in [0.25, 0.3) is 0 Å². The topological polar surface area (TPSA) is 73.8 Å². The maximum Gasteiger partial charge on any atom is 0.511 e. The molecule has 1 aliphatic heterocycles. The van der Waals surface area contributed by atoms with E-state index in [2.05, 4.69) is 34.7 Å². The molecule has 1 aromatic carbocycles.